The third kappa shape index (κ3) is 5.83. The molecule has 0 aliphatic rings. The van der Waals surface area contributed by atoms with E-state index in [0.29, 0.717) is 30.0 Å². The van der Waals surface area contributed by atoms with Crippen LogP contribution in [0.15, 0.2) is 60.7 Å². The molecule has 0 fully saturated rings. The van der Waals surface area contributed by atoms with E-state index in [1.807, 2.05) is 42.5 Å². The first kappa shape index (κ1) is 22.3. The Morgan fingerprint density at radius 2 is 1.81 bits per heavy atom. The summed E-state index contributed by atoms with van der Waals surface area (Å²) in [6, 6.07) is 18.2. The van der Waals surface area contributed by atoms with Crippen LogP contribution in [0.4, 0.5) is 5.69 Å². The van der Waals surface area contributed by atoms with Crippen LogP contribution < -0.4 is 15.8 Å². The highest BCUT2D eigenvalue weighted by molar-refractivity contribution is 5.97. The molecule has 1 unspecified atom stereocenters. The Balaban J connectivity index is 1.72. The van der Waals surface area contributed by atoms with Crippen LogP contribution >= 0.6 is 0 Å². The average Bonchev–Trinajstić information content (AvgIpc) is 2.79. The Morgan fingerprint density at radius 1 is 1.03 bits per heavy atom. The summed E-state index contributed by atoms with van der Waals surface area (Å²) in [6.45, 7) is 2.54. The third-order valence-corrected chi connectivity index (χ3v) is 5.02. The van der Waals surface area contributed by atoms with Crippen molar-refractivity contribution in [1.29, 1.82) is 0 Å². The lowest BCUT2D eigenvalue weighted by Gasteiger charge is -2.16. The number of unbranched alkanes of at least 4 members (excludes halogenated alkanes) is 1. The van der Waals surface area contributed by atoms with Crippen molar-refractivity contribution in [2.45, 2.75) is 32.2 Å². The van der Waals surface area contributed by atoms with E-state index in [1.54, 1.807) is 18.2 Å². The van der Waals surface area contributed by atoms with Crippen LogP contribution in [-0.2, 0) is 16.0 Å². The number of nitrogens with two attached hydrogens (primary N) is 1. The predicted molar refractivity (Wildman–Crippen MR) is 122 cm³/mol. The predicted octanol–water partition coefficient (Wildman–Crippen LogP) is 4.31. The van der Waals surface area contributed by atoms with Gasteiger partial charge >= 0.3 is 5.97 Å². The van der Waals surface area contributed by atoms with Crippen LogP contribution in [0.25, 0.3) is 10.8 Å². The summed E-state index contributed by atoms with van der Waals surface area (Å²) in [5.41, 5.74) is 8.00. The Kier molecular flexibility index (Phi) is 7.62. The molecule has 3 aromatic carbocycles. The molecule has 3 rings (SSSR count). The second-order valence-electron chi connectivity index (χ2n) is 7.39. The maximum Gasteiger partial charge on any atom is 0.337 e. The number of hydrogen-bond donors (Lipinski definition) is 2. The Labute approximate surface area is 182 Å². The molecule has 0 bridgehead atoms. The number of esters is 1. The monoisotopic (exact) mass is 420 g/mol. The van der Waals surface area contributed by atoms with Gasteiger partial charge in [0.2, 0.25) is 5.91 Å². The van der Waals surface area contributed by atoms with Crippen molar-refractivity contribution in [1.82, 2.24) is 0 Å². The molecule has 162 valence electrons. The molecule has 1 atom stereocenters. The smallest absolute Gasteiger partial charge is 0.337 e. The van der Waals surface area contributed by atoms with Crippen LogP contribution in [-0.4, -0.2) is 31.6 Å². The number of methoxy groups -OCH3 is 1. The zero-order valence-electron chi connectivity index (χ0n) is 17.9. The minimum absolute atomic E-state index is 0.320. The number of ether oxygens (including phenoxy) is 2. The van der Waals surface area contributed by atoms with Crippen molar-refractivity contribution >= 4 is 28.3 Å². The number of carbonyl (C=O) groups excluding carboxylic acids is 2. The van der Waals surface area contributed by atoms with E-state index < -0.39 is 12.0 Å². The molecule has 0 heterocycles. The number of fused-ring (bicyclic) bond motifs is 1. The first-order valence-corrected chi connectivity index (χ1v) is 10.4. The molecule has 0 spiro atoms. The molecule has 0 aromatic heterocycles. The first-order chi connectivity index (χ1) is 15.0. The summed E-state index contributed by atoms with van der Waals surface area (Å²) in [6.07, 6.45) is 2.23. The van der Waals surface area contributed by atoms with Gasteiger partial charge in [0, 0.05) is 0 Å². The molecule has 0 saturated heterocycles. The van der Waals surface area contributed by atoms with Gasteiger partial charge in [-0.15, -0.1) is 0 Å². The lowest BCUT2D eigenvalue weighted by atomic mass is 10.0. The quantitative estimate of drug-likeness (QED) is 0.398. The van der Waals surface area contributed by atoms with E-state index in [-0.39, 0.29) is 5.91 Å². The van der Waals surface area contributed by atoms with E-state index in [2.05, 4.69) is 12.2 Å². The van der Waals surface area contributed by atoms with Gasteiger partial charge in [-0.25, -0.2) is 4.79 Å². The summed E-state index contributed by atoms with van der Waals surface area (Å²) in [4.78, 5) is 24.6. The maximum absolute atomic E-state index is 12.8. The highest BCUT2D eigenvalue weighted by atomic mass is 16.5. The van der Waals surface area contributed by atoms with Crippen LogP contribution in [0.5, 0.6) is 5.75 Å². The first-order valence-electron chi connectivity index (χ1n) is 10.4. The van der Waals surface area contributed by atoms with Crippen LogP contribution in [0.2, 0.25) is 0 Å². The van der Waals surface area contributed by atoms with Crippen molar-refractivity contribution in [3.8, 4) is 5.75 Å². The van der Waals surface area contributed by atoms with Crippen molar-refractivity contribution in [2.24, 2.45) is 5.73 Å². The SMILES string of the molecule is CCCCOc1cc(C(=O)OC)ccc1NC(=O)C(N)Cc1ccc2ccccc2c1. The molecule has 0 aliphatic heterocycles. The molecule has 0 saturated carbocycles. The van der Waals surface area contributed by atoms with E-state index in [0.717, 1.165) is 29.2 Å². The molecule has 3 N–H and O–H groups in total. The Bertz CT molecular complexity index is 1060. The molecular weight excluding hydrogens is 392 g/mol. The third-order valence-electron chi connectivity index (χ3n) is 5.02. The van der Waals surface area contributed by atoms with Gasteiger partial charge in [-0.05, 0) is 47.4 Å². The highest BCUT2D eigenvalue weighted by Gasteiger charge is 2.18. The number of benzene rings is 3. The highest BCUT2D eigenvalue weighted by Crippen LogP contribution is 2.27. The van der Waals surface area contributed by atoms with E-state index in [1.165, 1.54) is 7.11 Å². The standard InChI is InChI=1S/C25H28N2O4/c1-3-4-13-31-23-16-20(25(29)30-2)11-12-22(23)27-24(28)21(26)15-17-9-10-18-7-5-6-8-19(18)14-17/h5-12,14,16,21H,3-4,13,15,26H2,1-2H3,(H,27,28). The summed E-state index contributed by atoms with van der Waals surface area (Å²) in [7, 11) is 1.32. The van der Waals surface area contributed by atoms with Gasteiger partial charge in [0.25, 0.3) is 0 Å². The van der Waals surface area contributed by atoms with E-state index in [9.17, 15) is 9.59 Å². The van der Waals surface area contributed by atoms with Gasteiger partial charge in [0.15, 0.2) is 0 Å². The van der Waals surface area contributed by atoms with Crippen LogP contribution in [0, 0.1) is 0 Å². The van der Waals surface area contributed by atoms with Crippen molar-refractivity contribution in [3.63, 3.8) is 0 Å². The number of hydrogen-bond acceptors (Lipinski definition) is 5. The molecule has 0 aliphatic carbocycles. The van der Waals surface area contributed by atoms with Crippen LogP contribution in [0.3, 0.4) is 0 Å². The van der Waals surface area contributed by atoms with E-state index in [4.69, 9.17) is 15.2 Å². The normalized spacial score (nSPS) is 11.7. The second-order valence-corrected chi connectivity index (χ2v) is 7.39. The number of rotatable bonds is 9. The van der Waals surface area contributed by atoms with Crippen molar-refractivity contribution in [3.05, 3.63) is 71.8 Å². The fraction of sp³-hybridized carbons (Fsp3) is 0.280. The molecule has 6 nitrogen and oxygen atoms in total. The fourth-order valence-electron chi connectivity index (χ4n) is 3.25. The van der Waals surface area contributed by atoms with Crippen molar-refractivity contribution in [2.75, 3.05) is 19.0 Å². The number of anilines is 1. The van der Waals surface area contributed by atoms with Gasteiger partial charge in [-0.2, -0.15) is 0 Å². The summed E-state index contributed by atoms with van der Waals surface area (Å²) < 4.78 is 10.6. The Hall–Kier alpha value is -3.38. The number of amides is 1. The summed E-state index contributed by atoms with van der Waals surface area (Å²) >= 11 is 0. The minimum atomic E-state index is -0.732. The zero-order valence-corrected chi connectivity index (χ0v) is 17.9. The summed E-state index contributed by atoms with van der Waals surface area (Å²) in [5.74, 6) is -0.367. The fourth-order valence-corrected chi connectivity index (χ4v) is 3.25. The lowest BCUT2D eigenvalue weighted by Crippen LogP contribution is -2.37. The summed E-state index contributed by atoms with van der Waals surface area (Å²) in [5, 5.41) is 5.09. The molecule has 1 amide bonds. The molecule has 0 radical (unpaired) electrons. The van der Waals surface area contributed by atoms with E-state index >= 15 is 0 Å². The number of carbonyl (C=O) groups is 2. The second kappa shape index (κ2) is 10.6. The molecular formula is C25H28N2O4. The lowest BCUT2D eigenvalue weighted by molar-refractivity contribution is -0.117. The molecule has 6 heteroatoms. The maximum atomic E-state index is 12.8. The van der Waals surface area contributed by atoms with Gasteiger partial charge in [0.1, 0.15) is 5.75 Å². The molecule has 3 aromatic rings. The average molecular weight is 421 g/mol. The minimum Gasteiger partial charge on any atom is -0.491 e. The van der Waals surface area contributed by atoms with Gasteiger partial charge in [-0.3, -0.25) is 4.79 Å². The van der Waals surface area contributed by atoms with Gasteiger partial charge in [0.05, 0.1) is 31.0 Å². The van der Waals surface area contributed by atoms with Crippen LogP contribution in [0.1, 0.15) is 35.7 Å². The molecule has 31 heavy (non-hydrogen) atoms. The zero-order chi connectivity index (χ0) is 22.2. The number of nitrogens with one attached hydrogen (secondary N) is 1. The Morgan fingerprint density at radius 3 is 2.55 bits per heavy atom. The van der Waals surface area contributed by atoms with Crippen molar-refractivity contribution < 1.29 is 19.1 Å². The van der Waals surface area contributed by atoms with Gasteiger partial charge < -0.3 is 20.5 Å². The topological polar surface area (TPSA) is 90.6 Å². The largest absolute Gasteiger partial charge is 0.491 e. The van der Waals surface area contributed by atoms with Gasteiger partial charge in [-0.1, -0.05) is 55.8 Å².